The molecule has 0 N–H and O–H groups in total. The molecule has 0 unspecified atom stereocenters. The molecule has 0 aromatic carbocycles. The second-order valence-corrected chi connectivity index (χ2v) is 3.62. The number of allylic oxidation sites excluding steroid dienone is 4. The molecule has 13 heavy (non-hydrogen) atoms. The van der Waals surface area contributed by atoms with Gasteiger partial charge >= 0.3 is 19.5 Å². The van der Waals surface area contributed by atoms with E-state index in [-0.39, 0.29) is 49.7 Å². The predicted octanol–water partition coefficient (Wildman–Crippen LogP) is -2.88. The zero-order valence-corrected chi connectivity index (χ0v) is 11.7. The van der Waals surface area contributed by atoms with E-state index in [0.29, 0.717) is 0 Å². The summed E-state index contributed by atoms with van der Waals surface area (Å²) in [6.45, 7) is 10.9. The molecule has 0 amide bonds. The van der Waals surface area contributed by atoms with E-state index in [1.54, 1.807) is 0 Å². The standard InChI is InChI=1S/C10H15.2ClH.Rh/c1-7-6-10(4,5)9(3)8(7)2;;;/h1-5H3;2*1H;/q-1;;;+3/p-2. The van der Waals surface area contributed by atoms with Gasteiger partial charge in [0.2, 0.25) is 0 Å². The molecule has 0 nitrogen and oxygen atoms in total. The molecular formula is C10H15Cl2Rh. The summed E-state index contributed by atoms with van der Waals surface area (Å²) in [6.07, 6.45) is 3.44. The van der Waals surface area contributed by atoms with Crippen molar-refractivity contribution in [3.8, 4) is 0 Å². The number of halogens is 2. The van der Waals surface area contributed by atoms with Gasteiger partial charge in [0.05, 0.1) is 0 Å². The minimum Gasteiger partial charge on any atom is -1.00 e. The van der Waals surface area contributed by atoms with Crippen LogP contribution in [0.15, 0.2) is 16.7 Å². The molecule has 3 heteroatoms. The van der Waals surface area contributed by atoms with Crippen LogP contribution in [-0.4, -0.2) is 0 Å². The minimum absolute atomic E-state index is 0. The first-order valence-electron chi connectivity index (χ1n) is 3.75. The molecule has 0 heterocycles. The molecular weight excluding hydrogens is 294 g/mol. The zero-order valence-electron chi connectivity index (χ0n) is 8.59. The number of hydrogen-bond donors (Lipinski definition) is 0. The van der Waals surface area contributed by atoms with Crippen molar-refractivity contribution in [1.82, 2.24) is 0 Å². The van der Waals surface area contributed by atoms with Crippen molar-refractivity contribution in [2.24, 2.45) is 5.41 Å². The molecule has 0 bridgehead atoms. The molecule has 1 aliphatic carbocycles. The molecule has 0 spiro atoms. The van der Waals surface area contributed by atoms with Gasteiger partial charge in [0.1, 0.15) is 0 Å². The minimum atomic E-state index is 0. The fourth-order valence-corrected chi connectivity index (χ4v) is 1.41. The summed E-state index contributed by atoms with van der Waals surface area (Å²) in [5, 5.41) is 0. The Morgan fingerprint density at radius 3 is 1.46 bits per heavy atom. The van der Waals surface area contributed by atoms with E-state index in [2.05, 4.69) is 40.7 Å². The normalized spacial score (nSPS) is 18.1. The average Bonchev–Trinajstić information content (AvgIpc) is 1.95. The van der Waals surface area contributed by atoms with Gasteiger partial charge in [0.25, 0.3) is 0 Å². The molecule has 0 saturated carbocycles. The van der Waals surface area contributed by atoms with E-state index in [1.807, 2.05) is 0 Å². The molecule has 0 saturated heterocycles. The van der Waals surface area contributed by atoms with Crippen molar-refractivity contribution in [2.45, 2.75) is 34.6 Å². The van der Waals surface area contributed by atoms with Crippen LogP contribution < -0.4 is 24.8 Å². The first-order valence-corrected chi connectivity index (χ1v) is 3.75. The van der Waals surface area contributed by atoms with Gasteiger partial charge in [-0.1, -0.05) is 33.1 Å². The Morgan fingerprint density at radius 1 is 1.00 bits per heavy atom. The third kappa shape index (κ3) is 3.74. The summed E-state index contributed by atoms with van der Waals surface area (Å²) < 4.78 is 0. The fraction of sp³-hybridized carbons (Fsp3) is 0.600. The van der Waals surface area contributed by atoms with Crippen molar-refractivity contribution >= 4 is 0 Å². The summed E-state index contributed by atoms with van der Waals surface area (Å²) in [7, 11) is 0. The van der Waals surface area contributed by atoms with Crippen LogP contribution in [0.5, 0.6) is 0 Å². The van der Waals surface area contributed by atoms with E-state index >= 15 is 0 Å². The molecule has 0 fully saturated rings. The Hall–Kier alpha value is 0.683. The summed E-state index contributed by atoms with van der Waals surface area (Å²) in [4.78, 5) is 0. The third-order valence-electron chi connectivity index (χ3n) is 2.56. The Bertz CT molecular complexity index is 227. The Kier molecular flexibility index (Phi) is 9.23. The predicted molar refractivity (Wildman–Crippen MR) is 44.6 cm³/mol. The van der Waals surface area contributed by atoms with E-state index in [0.717, 1.165) is 0 Å². The van der Waals surface area contributed by atoms with Gasteiger partial charge < -0.3 is 24.8 Å². The van der Waals surface area contributed by atoms with E-state index < -0.39 is 0 Å². The second kappa shape index (κ2) is 6.22. The van der Waals surface area contributed by atoms with Crippen LogP contribution in [0, 0.1) is 11.5 Å². The van der Waals surface area contributed by atoms with Crippen LogP contribution >= 0.6 is 0 Å². The topological polar surface area (TPSA) is 0 Å². The molecule has 0 radical (unpaired) electrons. The van der Waals surface area contributed by atoms with Gasteiger partial charge in [-0.3, -0.25) is 6.08 Å². The van der Waals surface area contributed by atoms with Gasteiger partial charge in [-0.15, -0.1) is 6.92 Å². The smallest absolute Gasteiger partial charge is 1.00 e. The summed E-state index contributed by atoms with van der Waals surface area (Å²) >= 11 is 0. The third-order valence-corrected chi connectivity index (χ3v) is 2.56. The quantitative estimate of drug-likeness (QED) is 0.333. The van der Waals surface area contributed by atoms with E-state index in [9.17, 15) is 0 Å². The maximum Gasteiger partial charge on any atom is 3.00 e. The van der Waals surface area contributed by atoms with Gasteiger partial charge in [0, 0.05) is 0 Å². The summed E-state index contributed by atoms with van der Waals surface area (Å²) in [5.41, 5.74) is 4.39. The second-order valence-electron chi connectivity index (χ2n) is 3.62. The van der Waals surface area contributed by atoms with Gasteiger partial charge in [-0.2, -0.15) is 11.1 Å². The first-order chi connectivity index (χ1) is 4.45. The maximum absolute atomic E-state index is 3.44. The Balaban J connectivity index is -0.000000333. The van der Waals surface area contributed by atoms with Crippen molar-refractivity contribution in [1.29, 1.82) is 0 Å². The van der Waals surface area contributed by atoms with Crippen LogP contribution in [-0.2, 0) is 19.5 Å². The molecule has 0 aliphatic heterocycles. The number of rotatable bonds is 0. The van der Waals surface area contributed by atoms with Crippen molar-refractivity contribution in [2.75, 3.05) is 0 Å². The van der Waals surface area contributed by atoms with Crippen LogP contribution in [0.1, 0.15) is 34.6 Å². The average molecular weight is 309 g/mol. The molecule has 1 aliphatic rings. The summed E-state index contributed by atoms with van der Waals surface area (Å²) in [5.74, 6) is 0. The summed E-state index contributed by atoms with van der Waals surface area (Å²) in [6, 6.07) is 0. The van der Waals surface area contributed by atoms with Gasteiger partial charge in [-0.25, -0.2) is 5.57 Å². The molecule has 0 atom stereocenters. The Labute approximate surface area is 107 Å². The molecule has 78 valence electrons. The Morgan fingerprint density at radius 2 is 1.38 bits per heavy atom. The van der Waals surface area contributed by atoms with Gasteiger partial charge in [-0.05, 0) is 0 Å². The largest absolute Gasteiger partial charge is 3.00 e. The zero-order chi connectivity index (χ0) is 7.94. The van der Waals surface area contributed by atoms with Crippen molar-refractivity contribution < 1.29 is 44.3 Å². The molecule has 1 rings (SSSR count). The molecule has 0 aromatic heterocycles. The van der Waals surface area contributed by atoms with E-state index in [4.69, 9.17) is 0 Å². The fourth-order valence-electron chi connectivity index (χ4n) is 1.41. The first kappa shape index (κ1) is 19.3. The van der Waals surface area contributed by atoms with Crippen LogP contribution in [0.3, 0.4) is 0 Å². The van der Waals surface area contributed by atoms with Gasteiger partial charge in [0.15, 0.2) is 0 Å². The van der Waals surface area contributed by atoms with Crippen LogP contribution in [0.2, 0.25) is 0 Å². The monoisotopic (exact) mass is 308 g/mol. The SMILES string of the molecule is CC1=[C-]C(C)(C)C(C)=C1C.[Cl-].[Cl-].[Rh+3]. The van der Waals surface area contributed by atoms with Crippen molar-refractivity contribution in [3.63, 3.8) is 0 Å². The maximum atomic E-state index is 3.44. The van der Waals surface area contributed by atoms with Crippen LogP contribution in [0.25, 0.3) is 0 Å². The van der Waals surface area contributed by atoms with Crippen molar-refractivity contribution in [3.05, 3.63) is 22.8 Å². The van der Waals surface area contributed by atoms with E-state index in [1.165, 1.54) is 16.7 Å². The number of hydrogen-bond acceptors (Lipinski definition) is 0. The molecule has 0 aromatic rings. The van der Waals surface area contributed by atoms with Crippen LogP contribution in [0.4, 0.5) is 0 Å².